The zero-order valence-electron chi connectivity index (χ0n) is 15.6. The van der Waals surface area contributed by atoms with E-state index < -0.39 is 0 Å². The van der Waals surface area contributed by atoms with Gasteiger partial charge in [-0.15, -0.1) is 0 Å². The second-order valence-corrected chi connectivity index (χ2v) is 7.66. The van der Waals surface area contributed by atoms with Crippen LogP contribution in [-0.2, 0) is 0 Å². The predicted molar refractivity (Wildman–Crippen MR) is 111 cm³/mol. The Morgan fingerprint density at radius 3 is 2.37 bits per heavy atom. The molecule has 138 valence electrons. The van der Waals surface area contributed by atoms with Gasteiger partial charge in [-0.2, -0.15) is 0 Å². The summed E-state index contributed by atoms with van der Waals surface area (Å²) < 4.78 is 0. The predicted octanol–water partition coefficient (Wildman–Crippen LogP) is 5.63. The molecule has 2 aromatic heterocycles. The van der Waals surface area contributed by atoms with Crippen LogP contribution >= 0.6 is 11.6 Å². The third-order valence-corrected chi connectivity index (χ3v) is 5.48. The highest BCUT2D eigenvalue weighted by molar-refractivity contribution is 6.30. The largest absolute Gasteiger partial charge is 0.351 e. The molecule has 0 saturated carbocycles. The van der Waals surface area contributed by atoms with Gasteiger partial charge in [-0.3, -0.25) is 4.98 Å². The smallest absolute Gasteiger partial charge is 0.163 e. The maximum absolute atomic E-state index is 6.07. The highest BCUT2D eigenvalue weighted by Gasteiger charge is 2.27. The summed E-state index contributed by atoms with van der Waals surface area (Å²) in [6.45, 7) is 4.56. The standard InChI is InChI=1S/C22H23ClN4/c1-15-5-3-6-16(2)27(15)21-13-20(17-8-10-19(23)11-9-17)25-22(26-21)18-7-4-12-24-14-18/h4,7-16H,3,5-6H2,1-2H3. The molecule has 0 bridgehead atoms. The number of halogens is 1. The van der Waals surface area contributed by atoms with Crippen molar-refractivity contribution in [2.24, 2.45) is 0 Å². The van der Waals surface area contributed by atoms with E-state index in [1.807, 2.05) is 42.6 Å². The quantitative estimate of drug-likeness (QED) is 0.592. The lowest BCUT2D eigenvalue weighted by atomic mass is 9.97. The first-order chi connectivity index (χ1) is 13.1. The summed E-state index contributed by atoms with van der Waals surface area (Å²) in [5.41, 5.74) is 2.86. The lowest BCUT2D eigenvalue weighted by Gasteiger charge is -2.40. The molecule has 2 unspecified atom stereocenters. The van der Waals surface area contributed by atoms with Crippen molar-refractivity contribution in [3.05, 3.63) is 59.9 Å². The Morgan fingerprint density at radius 1 is 0.963 bits per heavy atom. The zero-order chi connectivity index (χ0) is 18.8. The van der Waals surface area contributed by atoms with Crippen molar-refractivity contribution in [2.75, 3.05) is 4.90 Å². The van der Waals surface area contributed by atoms with Gasteiger partial charge in [0.05, 0.1) is 5.69 Å². The van der Waals surface area contributed by atoms with Gasteiger partial charge in [-0.1, -0.05) is 23.7 Å². The van der Waals surface area contributed by atoms with Gasteiger partial charge in [0.25, 0.3) is 0 Å². The van der Waals surface area contributed by atoms with Crippen LogP contribution in [0.5, 0.6) is 0 Å². The molecule has 4 rings (SSSR count). The van der Waals surface area contributed by atoms with E-state index in [1.54, 1.807) is 6.20 Å². The molecular formula is C22H23ClN4. The van der Waals surface area contributed by atoms with Crippen LogP contribution in [0.3, 0.4) is 0 Å². The first-order valence-electron chi connectivity index (χ1n) is 9.45. The first-order valence-corrected chi connectivity index (χ1v) is 9.83. The summed E-state index contributed by atoms with van der Waals surface area (Å²) in [5, 5.41) is 0.721. The molecule has 1 aromatic carbocycles. The maximum atomic E-state index is 6.07. The Labute approximate surface area is 165 Å². The lowest BCUT2D eigenvalue weighted by molar-refractivity contribution is 0.411. The molecule has 0 aliphatic carbocycles. The first kappa shape index (κ1) is 17.9. The molecule has 3 aromatic rings. The summed E-state index contributed by atoms with van der Waals surface area (Å²) in [4.78, 5) is 16.4. The molecular weight excluding hydrogens is 356 g/mol. The van der Waals surface area contributed by atoms with Crippen LogP contribution in [0, 0.1) is 0 Å². The van der Waals surface area contributed by atoms with Gasteiger partial charge in [0, 0.05) is 46.7 Å². The molecule has 0 N–H and O–H groups in total. The average molecular weight is 379 g/mol. The SMILES string of the molecule is CC1CCCC(C)N1c1cc(-c2ccc(Cl)cc2)nc(-c2cccnc2)n1. The lowest BCUT2D eigenvalue weighted by Crippen LogP contribution is -2.44. The highest BCUT2D eigenvalue weighted by Crippen LogP contribution is 2.32. The summed E-state index contributed by atoms with van der Waals surface area (Å²) in [5.74, 6) is 1.68. The molecule has 2 atom stereocenters. The van der Waals surface area contributed by atoms with E-state index in [0.717, 1.165) is 27.7 Å². The molecule has 1 aliphatic rings. The topological polar surface area (TPSA) is 41.9 Å². The second-order valence-electron chi connectivity index (χ2n) is 7.22. The minimum atomic E-state index is 0.462. The normalized spacial score (nSPS) is 19.9. The Balaban J connectivity index is 1.85. The Hall–Kier alpha value is -2.46. The molecule has 0 radical (unpaired) electrons. The molecule has 3 heterocycles. The van der Waals surface area contributed by atoms with Crippen molar-refractivity contribution in [3.8, 4) is 22.6 Å². The fourth-order valence-electron chi connectivity index (χ4n) is 3.83. The molecule has 1 saturated heterocycles. The molecule has 1 fully saturated rings. The minimum absolute atomic E-state index is 0.462. The van der Waals surface area contributed by atoms with E-state index >= 15 is 0 Å². The number of piperidine rings is 1. The third kappa shape index (κ3) is 3.81. The number of hydrogen-bond donors (Lipinski definition) is 0. The number of hydrogen-bond acceptors (Lipinski definition) is 4. The number of benzene rings is 1. The number of aromatic nitrogens is 3. The number of nitrogens with zero attached hydrogens (tertiary/aromatic N) is 4. The summed E-state index contributed by atoms with van der Waals surface area (Å²) in [7, 11) is 0. The van der Waals surface area contributed by atoms with Crippen molar-refractivity contribution in [1.82, 2.24) is 15.0 Å². The number of pyridine rings is 1. The molecule has 4 nitrogen and oxygen atoms in total. The van der Waals surface area contributed by atoms with Gasteiger partial charge in [-0.05, 0) is 57.4 Å². The van der Waals surface area contributed by atoms with Gasteiger partial charge < -0.3 is 4.90 Å². The van der Waals surface area contributed by atoms with Gasteiger partial charge in [0.15, 0.2) is 5.82 Å². The maximum Gasteiger partial charge on any atom is 0.163 e. The summed E-state index contributed by atoms with van der Waals surface area (Å²) in [6, 6.07) is 14.7. The Bertz CT molecular complexity index is 901. The van der Waals surface area contributed by atoms with Crippen LogP contribution in [0.1, 0.15) is 33.1 Å². The summed E-state index contributed by atoms with van der Waals surface area (Å²) in [6.07, 6.45) is 7.22. The monoisotopic (exact) mass is 378 g/mol. The highest BCUT2D eigenvalue weighted by atomic mass is 35.5. The molecule has 0 spiro atoms. The Kier molecular flexibility index (Phi) is 5.08. The fraction of sp³-hybridized carbons (Fsp3) is 0.318. The fourth-order valence-corrected chi connectivity index (χ4v) is 3.96. The molecule has 0 amide bonds. The van der Waals surface area contributed by atoms with Crippen LogP contribution in [-0.4, -0.2) is 27.0 Å². The van der Waals surface area contributed by atoms with Crippen LogP contribution < -0.4 is 4.90 Å². The number of anilines is 1. The van der Waals surface area contributed by atoms with Gasteiger partial charge in [0.1, 0.15) is 5.82 Å². The summed E-state index contributed by atoms with van der Waals surface area (Å²) >= 11 is 6.07. The molecule has 5 heteroatoms. The van der Waals surface area contributed by atoms with Gasteiger partial charge in [-0.25, -0.2) is 9.97 Å². The van der Waals surface area contributed by atoms with Crippen LogP contribution in [0.15, 0.2) is 54.9 Å². The minimum Gasteiger partial charge on any atom is -0.351 e. The third-order valence-electron chi connectivity index (χ3n) is 5.23. The number of rotatable bonds is 3. The van der Waals surface area contributed by atoms with E-state index in [1.165, 1.54) is 19.3 Å². The van der Waals surface area contributed by atoms with Crippen LogP contribution in [0.4, 0.5) is 5.82 Å². The van der Waals surface area contributed by atoms with Gasteiger partial charge in [0.2, 0.25) is 0 Å². The van der Waals surface area contributed by atoms with Gasteiger partial charge >= 0.3 is 0 Å². The zero-order valence-corrected chi connectivity index (χ0v) is 16.4. The average Bonchev–Trinajstić information content (AvgIpc) is 2.69. The Morgan fingerprint density at radius 2 is 1.70 bits per heavy atom. The van der Waals surface area contributed by atoms with Crippen molar-refractivity contribution >= 4 is 17.4 Å². The van der Waals surface area contributed by atoms with Crippen LogP contribution in [0.2, 0.25) is 5.02 Å². The van der Waals surface area contributed by atoms with Crippen molar-refractivity contribution < 1.29 is 0 Å². The van der Waals surface area contributed by atoms with E-state index in [-0.39, 0.29) is 0 Å². The van der Waals surface area contributed by atoms with Crippen molar-refractivity contribution in [3.63, 3.8) is 0 Å². The van der Waals surface area contributed by atoms with Crippen LogP contribution in [0.25, 0.3) is 22.6 Å². The van der Waals surface area contributed by atoms with Crippen molar-refractivity contribution in [1.29, 1.82) is 0 Å². The second kappa shape index (κ2) is 7.65. The van der Waals surface area contributed by atoms with E-state index in [0.29, 0.717) is 17.9 Å². The molecule has 27 heavy (non-hydrogen) atoms. The van der Waals surface area contributed by atoms with E-state index in [4.69, 9.17) is 21.6 Å². The van der Waals surface area contributed by atoms with Crippen molar-refractivity contribution in [2.45, 2.75) is 45.2 Å². The molecule has 1 aliphatic heterocycles. The van der Waals surface area contributed by atoms with E-state index in [2.05, 4.69) is 29.8 Å². The van der Waals surface area contributed by atoms with E-state index in [9.17, 15) is 0 Å².